The molecule has 0 bridgehead atoms. The summed E-state index contributed by atoms with van der Waals surface area (Å²) in [5.41, 5.74) is 0.683. The van der Waals surface area contributed by atoms with Crippen LogP contribution in [0.5, 0.6) is 0 Å². The highest BCUT2D eigenvalue weighted by atomic mass is 35.5. The van der Waals surface area contributed by atoms with Gasteiger partial charge >= 0.3 is 0 Å². The Morgan fingerprint density at radius 1 is 1.29 bits per heavy atom. The quantitative estimate of drug-likeness (QED) is 0.506. The van der Waals surface area contributed by atoms with Crippen LogP contribution in [0.2, 0.25) is 0 Å². The normalized spacial score (nSPS) is 25.9. The molecule has 0 saturated carbocycles. The Morgan fingerprint density at radius 3 is 2.71 bits per heavy atom. The van der Waals surface area contributed by atoms with Crippen LogP contribution in [-0.4, -0.2) is 105 Å². The molecule has 12 heteroatoms. The number of hydrogen-bond acceptors (Lipinski definition) is 7. The van der Waals surface area contributed by atoms with E-state index >= 15 is 0 Å². The van der Waals surface area contributed by atoms with E-state index in [4.69, 9.17) is 9.47 Å². The fourth-order valence-corrected chi connectivity index (χ4v) is 5.57. The van der Waals surface area contributed by atoms with Crippen molar-refractivity contribution in [1.29, 1.82) is 0 Å². The highest BCUT2D eigenvalue weighted by molar-refractivity contribution is 5.97. The molecule has 1 aromatic rings. The molecular formula is C26H43Cl2F2N5O3. The molecule has 218 valence electrons. The second-order valence-electron chi connectivity index (χ2n) is 11.1. The van der Waals surface area contributed by atoms with E-state index in [0.29, 0.717) is 37.7 Å². The number of amides is 1. The molecule has 3 atom stereocenters. The number of nitrogens with zero attached hydrogens (tertiary/aromatic N) is 4. The molecular weight excluding hydrogens is 539 g/mol. The molecule has 8 nitrogen and oxygen atoms in total. The van der Waals surface area contributed by atoms with Crippen LogP contribution < -0.4 is 10.2 Å². The Hall–Kier alpha value is -1.14. The second-order valence-corrected chi connectivity index (χ2v) is 11.1. The molecule has 1 N–H and O–H groups in total. The van der Waals surface area contributed by atoms with Crippen LogP contribution in [0.3, 0.4) is 0 Å². The molecule has 2 fully saturated rings. The van der Waals surface area contributed by atoms with E-state index < -0.39 is 11.3 Å². The summed E-state index contributed by atoms with van der Waals surface area (Å²) in [5, 5.41) is 3.55. The number of aromatic nitrogens is 1. The molecule has 3 aliphatic rings. The molecule has 3 aliphatic heterocycles. The molecule has 0 aromatic carbocycles. The summed E-state index contributed by atoms with van der Waals surface area (Å²) in [7, 11) is 1.70. The Kier molecular flexibility index (Phi) is 11.7. The number of halogens is 4. The van der Waals surface area contributed by atoms with Crippen LogP contribution in [0.15, 0.2) is 12.3 Å². The summed E-state index contributed by atoms with van der Waals surface area (Å²) in [4.78, 5) is 24.4. The van der Waals surface area contributed by atoms with Crippen molar-refractivity contribution in [3.63, 3.8) is 0 Å². The number of carbonyl (C=O) groups is 1. The zero-order chi connectivity index (χ0) is 26.1. The Balaban J connectivity index is 0.00000253. The van der Waals surface area contributed by atoms with Gasteiger partial charge in [0.15, 0.2) is 0 Å². The third kappa shape index (κ3) is 7.13. The number of anilines is 1. The lowest BCUT2D eigenvalue weighted by Gasteiger charge is -2.44. The molecule has 0 aliphatic carbocycles. The van der Waals surface area contributed by atoms with Gasteiger partial charge in [-0.3, -0.25) is 19.6 Å². The van der Waals surface area contributed by atoms with Crippen LogP contribution in [-0.2, 0) is 25.6 Å². The van der Waals surface area contributed by atoms with E-state index in [1.165, 1.54) is 19.2 Å². The number of hydrogen-bond donors (Lipinski definition) is 1. The van der Waals surface area contributed by atoms with Crippen molar-refractivity contribution in [2.75, 3.05) is 71.1 Å². The lowest BCUT2D eigenvalue weighted by Crippen LogP contribution is -2.62. The van der Waals surface area contributed by atoms with Crippen LogP contribution in [0.4, 0.5) is 14.5 Å². The third-order valence-corrected chi connectivity index (χ3v) is 7.74. The number of morpholine rings is 1. The van der Waals surface area contributed by atoms with Crippen molar-refractivity contribution < 1.29 is 23.0 Å². The van der Waals surface area contributed by atoms with Gasteiger partial charge in [-0.05, 0) is 13.0 Å². The SMILES string of the molecule is CCC(F)(F)c1cnc2c(c1)N(C(=O)CN1C[C@@H](C)NC[C@@H]1CN1CCOC[C@@H]1COC)CC2(C)C.Cl.Cl. The maximum absolute atomic E-state index is 14.5. The largest absolute Gasteiger partial charge is 0.383 e. The fraction of sp³-hybridized carbons (Fsp3) is 0.769. The highest BCUT2D eigenvalue weighted by Gasteiger charge is 2.42. The first kappa shape index (κ1) is 33.1. The summed E-state index contributed by atoms with van der Waals surface area (Å²) in [6, 6.07) is 2.06. The number of carbonyl (C=O) groups excluding carboxylic acids is 1. The molecule has 4 heterocycles. The van der Waals surface area contributed by atoms with Gasteiger partial charge in [0.25, 0.3) is 5.92 Å². The van der Waals surface area contributed by atoms with Crippen molar-refractivity contribution in [2.45, 2.75) is 63.6 Å². The smallest absolute Gasteiger partial charge is 0.274 e. The molecule has 0 unspecified atom stereocenters. The maximum atomic E-state index is 14.5. The zero-order valence-corrected chi connectivity index (χ0v) is 24.7. The monoisotopic (exact) mass is 581 g/mol. The molecule has 38 heavy (non-hydrogen) atoms. The van der Waals surface area contributed by atoms with Crippen molar-refractivity contribution in [3.8, 4) is 0 Å². The van der Waals surface area contributed by atoms with Gasteiger partial charge in [0, 0.05) is 75.5 Å². The second kappa shape index (κ2) is 13.5. The van der Waals surface area contributed by atoms with E-state index in [0.717, 1.165) is 26.2 Å². The Labute approximate surface area is 237 Å². The summed E-state index contributed by atoms with van der Waals surface area (Å²) in [6.07, 6.45) is 0.960. The molecule has 1 amide bonds. The number of piperazine rings is 1. The van der Waals surface area contributed by atoms with E-state index in [-0.39, 0.29) is 67.4 Å². The van der Waals surface area contributed by atoms with Gasteiger partial charge in [-0.2, -0.15) is 0 Å². The van der Waals surface area contributed by atoms with Gasteiger partial charge in [0.2, 0.25) is 5.91 Å². The summed E-state index contributed by atoms with van der Waals surface area (Å²) in [5.74, 6) is -3.05. The molecule has 4 rings (SSSR count). The van der Waals surface area contributed by atoms with E-state index in [2.05, 4.69) is 27.0 Å². The predicted molar refractivity (Wildman–Crippen MR) is 149 cm³/mol. The average molecular weight is 583 g/mol. The third-order valence-electron chi connectivity index (χ3n) is 7.74. The zero-order valence-electron chi connectivity index (χ0n) is 23.0. The minimum atomic E-state index is -2.97. The van der Waals surface area contributed by atoms with Crippen LogP contribution in [0.25, 0.3) is 0 Å². The maximum Gasteiger partial charge on any atom is 0.274 e. The predicted octanol–water partition coefficient (Wildman–Crippen LogP) is 3.06. The number of nitrogens with one attached hydrogen (secondary N) is 1. The van der Waals surface area contributed by atoms with Crippen molar-refractivity contribution in [3.05, 3.63) is 23.5 Å². The number of fused-ring (bicyclic) bond motifs is 1. The molecule has 2 saturated heterocycles. The first-order valence-corrected chi connectivity index (χ1v) is 13.0. The number of alkyl halides is 2. The Morgan fingerprint density at radius 2 is 2.03 bits per heavy atom. The molecule has 0 spiro atoms. The van der Waals surface area contributed by atoms with Gasteiger partial charge < -0.3 is 19.7 Å². The lowest BCUT2D eigenvalue weighted by atomic mass is 9.91. The van der Waals surface area contributed by atoms with Gasteiger partial charge in [-0.1, -0.05) is 20.8 Å². The van der Waals surface area contributed by atoms with Gasteiger partial charge in [0.05, 0.1) is 43.8 Å². The van der Waals surface area contributed by atoms with Gasteiger partial charge in [-0.25, -0.2) is 8.78 Å². The molecule has 0 radical (unpaired) electrons. The minimum Gasteiger partial charge on any atom is -0.383 e. The van der Waals surface area contributed by atoms with E-state index in [1.54, 1.807) is 12.0 Å². The topological polar surface area (TPSA) is 70.2 Å². The average Bonchev–Trinajstić information content (AvgIpc) is 3.12. The van der Waals surface area contributed by atoms with Gasteiger partial charge in [-0.15, -0.1) is 24.8 Å². The first-order chi connectivity index (χ1) is 17.1. The van der Waals surface area contributed by atoms with Crippen molar-refractivity contribution in [1.82, 2.24) is 20.1 Å². The fourth-order valence-electron chi connectivity index (χ4n) is 5.57. The summed E-state index contributed by atoms with van der Waals surface area (Å²) >= 11 is 0. The minimum absolute atomic E-state index is 0. The highest BCUT2D eigenvalue weighted by Crippen LogP contribution is 2.42. The number of ether oxygens (including phenoxy) is 2. The number of methoxy groups -OCH3 is 1. The standard InChI is InChI=1S/C26H41F2N5O3.2ClH/c1-6-26(27,28)19-9-22-24(30-10-19)25(3,4)17-33(22)23(34)14-32-12-18(2)29-11-20(32)13-31-7-8-36-16-21(31)15-35-5;;/h9-10,18,20-21,29H,6-8,11-17H2,1-5H3;2*1H/t18-,20-,21+;;/m1../s1. The van der Waals surface area contributed by atoms with E-state index in [9.17, 15) is 13.6 Å². The van der Waals surface area contributed by atoms with Crippen molar-refractivity contribution in [2.24, 2.45) is 0 Å². The summed E-state index contributed by atoms with van der Waals surface area (Å²) in [6.45, 7) is 13.3. The van der Waals surface area contributed by atoms with E-state index in [1.807, 2.05) is 13.8 Å². The van der Waals surface area contributed by atoms with Crippen LogP contribution in [0, 0.1) is 0 Å². The lowest BCUT2D eigenvalue weighted by molar-refractivity contribution is -0.121. The van der Waals surface area contributed by atoms with Crippen molar-refractivity contribution >= 4 is 36.4 Å². The van der Waals surface area contributed by atoms with Crippen LogP contribution in [0.1, 0.15) is 45.4 Å². The Bertz CT molecular complexity index is 940. The molecule has 1 aromatic heterocycles. The number of rotatable bonds is 8. The number of pyridine rings is 1. The van der Waals surface area contributed by atoms with Crippen LogP contribution >= 0.6 is 24.8 Å². The first-order valence-electron chi connectivity index (χ1n) is 13.0. The summed E-state index contributed by atoms with van der Waals surface area (Å²) < 4.78 is 40.0. The van der Waals surface area contributed by atoms with Gasteiger partial charge in [0.1, 0.15) is 0 Å².